The Morgan fingerprint density at radius 1 is 1.67 bits per heavy atom. The van der Waals surface area contributed by atoms with Crippen molar-refractivity contribution in [2.45, 2.75) is 0 Å². The summed E-state index contributed by atoms with van der Waals surface area (Å²) in [6, 6.07) is 0. The third-order valence-corrected chi connectivity index (χ3v) is 0.980. The molecule has 0 bridgehead atoms. The summed E-state index contributed by atoms with van der Waals surface area (Å²) in [7, 11) is 0. The predicted molar refractivity (Wildman–Crippen MR) is 35.4 cm³/mol. The zero-order chi connectivity index (χ0) is 5.98. The molecule has 0 atom stereocenters. The van der Waals surface area contributed by atoms with Gasteiger partial charge in [-0.25, -0.2) is 9.67 Å². The Balaban J connectivity index is 0.000000640. The van der Waals surface area contributed by atoms with Crippen LogP contribution in [0.1, 0.15) is 0 Å². The number of nitrogens with zero attached hydrogens (tertiary/aromatic N) is 3. The largest absolute Gasteiger partial charge is 1.00 e. The fourth-order valence-electron chi connectivity index (χ4n) is 0.303. The van der Waals surface area contributed by atoms with Crippen LogP contribution in [0.3, 0.4) is 0 Å². The Bertz CT molecular complexity index is 185. The van der Waals surface area contributed by atoms with Crippen molar-refractivity contribution in [3.8, 4) is 0 Å². The first kappa shape index (κ1) is 9.45. The normalized spacial score (nSPS) is 8.00. The minimum atomic E-state index is 0. The molecule has 0 unspecified atom stereocenters. The summed E-state index contributed by atoms with van der Waals surface area (Å²) in [6.45, 7) is 0. The number of rotatable bonds is 0. The van der Waals surface area contributed by atoms with Crippen LogP contribution in [-0.2, 0) is 12.6 Å². The van der Waals surface area contributed by atoms with E-state index in [9.17, 15) is 0 Å². The quantitative estimate of drug-likeness (QED) is 0.233. The van der Waals surface area contributed by atoms with Gasteiger partial charge in [-0.1, -0.05) is 0 Å². The molecule has 0 saturated carbocycles. The van der Waals surface area contributed by atoms with Gasteiger partial charge in [-0.3, -0.25) is 0 Å². The minimum absolute atomic E-state index is 0. The van der Waals surface area contributed by atoms with Crippen LogP contribution < -0.4 is 29.6 Å². The number of aromatic nitrogens is 3. The molecule has 0 spiro atoms. The summed E-state index contributed by atoms with van der Waals surface area (Å²) in [5.41, 5.74) is 0. The van der Waals surface area contributed by atoms with Crippen molar-refractivity contribution in [1.82, 2.24) is 14.8 Å². The Hall–Kier alpha value is 0.450. The first-order chi connectivity index (χ1) is 3.80. The second-order valence-corrected chi connectivity index (χ2v) is 2.14. The maximum atomic E-state index is 4.59. The van der Waals surface area contributed by atoms with E-state index in [-0.39, 0.29) is 29.6 Å². The van der Waals surface area contributed by atoms with Crippen molar-refractivity contribution < 1.29 is 29.6 Å². The van der Waals surface area contributed by atoms with Crippen LogP contribution in [0.15, 0.2) is 12.7 Å². The Kier molecular flexibility index (Phi) is 4.51. The summed E-state index contributed by atoms with van der Waals surface area (Å²) < 4.78 is 1.65. The number of hydrogen-bond acceptors (Lipinski definition) is 4. The topological polar surface area (TPSA) is 30.7 Å². The van der Waals surface area contributed by atoms with Crippen LogP contribution in [0.2, 0.25) is 0 Å². The van der Waals surface area contributed by atoms with Crippen LogP contribution in [0.25, 0.3) is 0 Å². The molecule has 6 heteroatoms. The SMILES string of the molecule is S=C([S-])n1cncn1.[Na+]. The van der Waals surface area contributed by atoms with Crippen LogP contribution in [-0.4, -0.2) is 19.1 Å². The molecule has 0 aliphatic carbocycles. The molecule has 0 radical (unpaired) electrons. The molecular weight excluding hydrogens is 165 g/mol. The van der Waals surface area contributed by atoms with Gasteiger partial charge in [0, 0.05) is 0 Å². The van der Waals surface area contributed by atoms with Gasteiger partial charge in [0.2, 0.25) is 0 Å². The first-order valence-electron chi connectivity index (χ1n) is 1.86. The van der Waals surface area contributed by atoms with E-state index in [0.29, 0.717) is 4.32 Å². The van der Waals surface area contributed by atoms with Gasteiger partial charge in [0.05, 0.1) is 0 Å². The van der Waals surface area contributed by atoms with E-state index in [4.69, 9.17) is 0 Å². The summed E-state index contributed by atoms with van der Waals surface area (Å²) in [4.78, 5) is 3.64. The van der Waals surface area contributed by atoms with Crippen LogP contribution in [0.5, 0.6) is 0 Å². The van der Waals surface area contributed by atoms with Crippen LogP contribution in [0.4, 0.5) is 0 Å². The molecule has 9 heavy (non-hydrogen) atoms. The van der Waals surface area contributed by atoms with Crippen molar-refractivity contribution in [2.75, 3.05) is 0 Å². The molecule has 0 aliphatic rings. The zero-order valence-electron chi connectivity index (χ0n) is 4.81. The Morgan fingerprint density at radius 2 is 2.33 bits per heavy atom. The summed E-state index contributed by atoms with van der Waals surface area (Å²) in [5, 5.41) is 3.68. The second kappa shape index (κ2) is 4.29. The van der Waals surface area contributed by atoms with Gasteiger partial charge in [-0.2, -0.15) is 5.10 Å². The van der Waals surface area contributed by atoms with Crippen molar-refractivity contribution in [3.05, 3.63) is 12.7 Å². The van der Waals surface area contributed by atoms with E-state index in [1.165, 1.54) is 17.3 Å². The van der Waals surface area contributed by atoms with E-state index >= 15 is 0 Å². The average Bonchev–Trinajstić information content (AvgIpc) is 2.12. The van der Waals surface area contributed by atoms with Gasteiger partial charge in [-0.05, 0) is 4.32 Å². The molecule has 0 N–H and O–H groups in total. The number of thiocarbonyl (C=S) groups is 1. The van der Waals surface area contributed by atoms with E-state index in [0.717, 1.165) is 0 Å². The fourth-order valence-corrected chi connectivity index (χ4v) is 0.491. The van der Waals surface area contributed by atoms with Crippen molar-refractivity contribution in [3.63, 3.8) is 0 Å². The maximum absolute atomic E-state index is 4.59. The van der Waals surface area contributed by atoms with Gasteiger partial charge in [0.15, 0.2) is 0 Å². The summed E-state index contributed by atoms with van der Waals surface area (Å²) in [5.74, 6) is 0. The predicted octanol–water partition coefficient (Wildman–Crippen LogP) is -3.04. The van der Waals surface area contributed by atoms with E-state index in [2.05, 4.69) is 34.9 Å². The molecule has 3 nitrogen and oxygen atoms in total. The van der Waals surface area contributed by atoms with Gasteiger partial charge in [0.25, 0.3) is 0 Å². The standard InChI is InChI=1S/C3H3N3S2.Na/c7-3(8)6-2-4-1-5-6;/h1-2H,(H,7,8);/q;+1/p-1. The van der Waals surface area contributed by atoms with Crippen molar-refractivity contribution >= 4 is 29.2 Å². The molecule has 1 heterocycles. The molecule has 1 aromatic heterocycles. The molecular formula is C3H2N3NaS2. The second-order valence-electron chi connectivity index (χ2n) is 1.11. The fraction of sp³-hybridized carbons (Fsp3) is 0. The van der Waals surface area contributed by atoms with Crippen LogP contribution >= 0.6 is 12.2 Å². The smallest absolute Gasteiger partial charge is 0.409 e. The minimum Gasteiger partial charge on any atom is -0.409 e. The third-order valence-electron chi connectivity index (χ3n) is 0.606. The van der Waals surface area contributed by atoms with E-state index in [1.807, 2.05) is 0 Å². The third kappa shape index (κ3) is 2.68. The van der Waals surface area contributed by atoms with Gasteiger partial charge >= 0.3 is 29.6 Å². The van der Waals surface area contributed by atoms with E-state index < -0.39 is 0 Å². The van der Waals surface area contributed by atoms with Crippen LogP contribution in [0, 0.1) is 0 Å². The molecule has 1 rings (SSSR count). The molecule has 0 fully saturated rings. The Labute approximate surface area is 85.6 Å². The maximum Gasteiger partial charge on any atom is 1.00 e. The number of hydrogen-bond donors (Lipinski definition) is 0. The van der Waals surface area contributed by atoms with Crippen molar-refractivity contribution in [2.24, 2.45) is 0 Å². The monoisotopic (exact) mass is 167 g/mol. The Morgan fingerprint density at radius 3 is 2.56 bits per heavy atom. The zero-order valence-corrected chi connectivity index (χ0v) is 8.45. The van der Waals surface area contributed by atoms with Gasteiger partial charge < -0.3 is 24.8 Å². The molecule has 0 amide bonds. The molecule has 0 saturated heterocycles. The van der Waals surface area contributed by atoms with Gasteiger partial charge in [-0.15, -0.1) is 0 Å². The van der Waals surface area contributed by atoms with Crippen molar-refractivity contribution in [1.29, 1.82) is 0 Å². The molecule has 1 aromatic rings. The molecule has 0 aliphatic heterocycles. The first-order valence-corrected chi connectivity index (χ1v) is 2.68. The van der Waals surface area contributed by atoms with Gasteiger partial charge in [0.1, 0.15) is 12.7 Å². The summed E-state index contributed by atoms with van der Waals surface area (Å²) in [6.07, 6.45) is 2.86. The molecule has 42 valence electrons. The van der Waals surface area contributed by atoms with E-state index in [1.54, 1.807) is 0 Å². The summed E-state index contributed by atoms with van der Waals surface area (Å²) >= 11 is 9.18. The molecule has 0 aromatic carbocycles. The average molecular weight is 167 g/mol.